The van der Waals surface area contributed by atoms with Crippen LogP contribution in [0.3, 0.4) is 0 Å². The van der Waals surface area contributed by atoms with Crippen molar-refractivity contribution in [2.45, 2.75) is 19.3 Å². The van der Waals surface area contributed by atoms with Crippen LogP contribution in [0.15, 0.2) is 48.8 Å². The van der Waals surface area contributed by atoms with Gasteiger partial charge in [-0.3, -0.25) is 9.89 Å². The highest BCUT2D eigenvalue weighted by atomic mass is 16.5. The average Bonchev–Trinajstić information content (AvgIpc) is 3.13. The molecule has 2 heterocycles. The molecule has 0 radical (unpaired) electrons. The minimum Gasteiger partial charge on any atom is -0.490 e. The number of ether oxygens (including phenoxy) is 2. The van der Waals surface area contributed by atoms with E-state index in [0.717, 1.165) is 34.7 Å². The molecule has 138 valence electrons. The standard InChI is InChI=1S/C20H20N4O3/c25-19(23-16-6-4-15(5-7-16)20-21-13-22-24-20)9-3-14-2-8-17-18(12-14)27-11-1-10-26-17/h2,4-8,12-13H,1,3,9-11H2,(H,23,25)(H,21,22,24). The quantitative estimate of drug-likeness (QED) is 0.726. The third-order valence-corrected chi connectivity index (χ3v) is 4.31. The second kappa shape index (κ2) is 7.90. The second-order valence-corrected chi connectivity index (χ2v) is 6.29. The van der Waals surface area contributed by atoms with E-state index in [-0.39, 0.29) is 5.91 Å². The first-order chi connectivity index (χ1) is 13.3. The number of aryl methyl sites for hydroxylation is 1. The molecule has 0 saturated heterocycles. The van der Waals surface area contributed by atoms with E-state index >= 15 is 0 Å². The highest BCUT2D eigenvalue weighted by Crippen LogP contribution is 2.30. The van der Waals surface area contributed by atoms with Crippen LogP contribution >= 0.6 is 0 Å². The number of H-pyrrole nitrogens is 1. The summed E-state index contributed by atoms with van der Waals surface area (Å²) in [6.07, 6.45) is 3.37. The number of hydrogen-bond acceptors (Lipinski definition) is 5. The number of anilines is 1. The van der Waals surface area contributed by atoms with Gasteiger partial charge in [0, 0.05) is 24.1 Å². The van der Waals surface area contributed by atoms with Gasteiger partial charge in [0.1, 0.15) is 6.33 Å². The van der Waals surface area contributed by atoms with Crippen LogP contribution in [0, 0.1) is 0 Å². The topological polar surface area (TPSA) is 89.1 Å². The Hall–Kier alpha value is -3.35. The highest BCUT2D eigenvalue weighted by molar-refractivity contribution is 5.91. The van der Waals surface area contributed by atoms with E-state index in [4.69, 9.17) is 9.47 Å². The summed E-state index contributed by atoms with van der Waals surface area (Å²) in [6, 6.07) is 13.3. The lowest BCUT2D eigenvalue weighted by molar-refractivity contribution is -0.116. The van der Waals surface area contributed by atoms with Crippen molar-refractivity contribution in [2.75, 3.05) is 18.5 Å². The number of aromatic nitrogens is 3. The van der Waals surface area contributed by atoms with E-state index in [0.29, 0.717) is 31.9 Å². The minimum absolute atomic E-state index is 0.0328. The molecule has 1 aromatic heterocycles. The number of hydrogen-bond donors (Lipinski definition) is 2. The van der Waals surface area contributed by atoms with E-state index in [1.54, 1.807) is 0 Å². The van der Waals surface area contributed by atoms with Crippen molar-refractivity contribution in [1.82, 2.24) is 15.2 Å². The largest absolute Gasteiger partial charge is 0.490 e. The molecule has 1 aliphatic heterocycles. The molecule has 7 nitrogen and oxygen atoms in total. The molecular weight excluding hydrogens is 344 g/mol. The van der Waals surface area contributed by atoms with Gasteiger partial charge >= 0.3 is 0 Å². The van der Waals surface area contributed by atoms with Gasteiger partial charge in [-0.2, -0.15) is 5.10 Å². The van der Waals surface area contributed by atoms with Gasteiger partial charge in [-0.15, -0.1) is 0 Å². The Kier molecular flexibility index (Phi) is 5.00. The summed E-state index contributed by atoms with van der Waals surface area (Å²) in [5, 5.41) is 9.56. The Bertz CT molecular complexity index is 907. The van der Waals surface area contributed by atoms with Crippen molar-refractivity contribution in [3.05, 3.63) is 54.4 Å². The summed E-state index contributed by atoms with van der Waals surface area (Å²) in [5.41, 5.74) is 2.72. The summed E-state index contributed by atoms with van der Waals surface area (Å²) in [6.45, 7) is 1.32. The van der Waals surface area contributed by atoms with Gasteiger partial charge in [0.05, 0.1) is 13.2 Å². The van der Waals surface area contributed by atoms with E-state index in [9.17, 15) is 4.79 Å². The van der Waals surface area contributed by atoms with Crippen LogP contribution in [0.2, 0.25) is 0 Å². The average molecular weight is 364 g/mol. The second-order valence-electron chi connectivity index (χ2n) is 6.29. The molecule has 7 heteroatoms. The number of nitrogens with one attached hydrogen (secondary N) is 2. The Balaban J connectivity index is 1.32. The Morgan fingerprint density at radius 1 is 1.07 bits per heavy atom. The number of aromatic amines is 1. The van der Waals surface area contributed by atoms with Crippen molar-refractivity contribution in [1.29, 1.82) is 0 Å². The molecule has 0 bridgehead atoms. The molecule has 0 spiro atoms. The molecule has 4 rings (SSSR count). The minimum atomic E-state index is -0.0328. The Morgan fingerprint density at radius 3 is 2.67 bits per heavy atom. The fourth-order valence-electron chi connectivity index (χ4n) is 2.90. The first kappa shape index (κ1) is 17.1. The number of nitrogens with zero attached hydrogens (tertiary/aromatic N) is 2. The number of benzene rings is 2. The van der Waals surface area contributed by atoms with E-state index in [1.807, 2.05) is 42.5 Å². The number of amides is 1. The molecule has 0 saturated carbocycles. The first-order valence-electron chi connectivity index (χ1n) is 8.92. The van der Waals surface area contributed by atoms with Gasteiger partial charge in [0.15, 0.2) is 17.3 Å². The van der Waals surface area contributed by atoms with Crippen LogP contribution in [0.5, 0.6) is 11.5 Å². The molecule has 0 aliphatic carbocycles. The molecular formula is C20H20N4O3. The number of rotatable bonds is 5. The normalized spacial score (nSPS) is 13.0. The van der Waals surface area contributed by atoms with Crippen molar-refractivity contribution in [2.24, 2.45) is 0 Å². The van der Waals surface area contributed by atoms with Crippen LogP contribution in [0.25, 0.3) is 11.4 Å². The van der Waals surface area contributed by atoms with Crippen molar-refractivity contribution < 1.29 is 14.3 Å². The predicted molar refractivity (Wildman–Crippen MR) is 101 cm³/mol. The summed E-state index contributed by atoms with van der Waals surface area (Å²) >= 11 is 0. The van der Waals surface area contributed by atoms with Crippen molar-refractivity contribution >= 4 is 11.6 Å². The van der Waals surface area contributed by atoms with Crippen LogP contribution in [-0.4, -0.2) is 34.3 Å². The highest BCUT2D eigenvalue weighted by Gasteiger charge is 2.11. The molecule has 2 N–H and O–H groups in total. The van der Waals surface area contributed by atoms with Crippen LogP contribution in [-0.2, 0) is 11.2 Å². The number of carbonyl (C=O) groups excluding carboxylic acids is 1. The third kappa shape index (κ3) is 4.25. The van der Waals surface area contributed by atoms with Gasteiger partial charge in [0.25, 0.3) is 0 Å². The fourth-order valence-corrected chi connectivity index (χ4v) is 2.90. The SMILES string of the molecule is O=C(CCc1ccc2c(c1)OCCCO2)Nc1ccc(-c2ncn[nH]2)cc1. The molecule has 1 aliphatic rings. The summed E-state index contributed by atoms with van der Waals surface area (Å²) in [7, 11) is 0. The van der Waals surface area contributed by atoms with Gasteiger partial charge in [-0.25, -0.2) is 4.98 Å². The summed E-state index contributed by atoms with van der Waals surface area (Å²) < 4.78 is 11.3. The monoisotopic (exact) mass is 364 g/mol. The van der Waals surface area contributed by atoms with Crippen molar-refractivity contribution in [3.8, 4) is 22.9 Å². The molecule has 3 aromatic rings. The third-order valence-electron chi connectivity index (χ3n) is 4.31. The lowest BCUT2D eigenvalue weighted by Crippen LogP contribution is -2.12. The van der Waals surface area contributed by atoms with Crippen LogP contribution in [0.4, 0.5) is 5.69 Å². The van der Waals surface area contributed by atoms with Gasteiger partial charge < -0.3 is 14.8 Å². The molecule has 0 unspecified atom stereocenters. The van der Waals surface area contributed by atoms with Gasteiger partial charge in [-0.05, 0) is 48.4 Å². The zero-order valence-corrected chi connectivity index (χ0v) is 14.8. The first-order valence-corrected chi connectivity index (χ1v) is 8.92. The van der Waals surface area contributed by atoms with Gasteiger partial charge in [0.2, 0.25) is 5.91 Å². The lowest BCUT2D eigenvalue weighted by atomic mass is 10.1. The zero-order chi connectivity index (χ0) is 18.5. The zero-order valence-electron chi connectivity index (χ0n) is 14.8. The maximum Gasteiger partial charge on any atom is 0.224 e. The Labute approximate surface area is 156 Å². The molecule has 1 amide bonds. The molecule has 2 aromatic carbocycles. The predicted octanol–water partition coefficient (Wildman–Crippen LogP) is 3.20. The molecule has 27 heavy (non-hydrogen) atoms. The Morgan fingerprint density at radius 2 is 1.89 bits per heavy atom. The van der Waals surface area contributed by atoms with Crippen LogP contribution < -0.4 is 14.8 Å². The van der Waals surface area contributed by atoms with E-state index < -0.39 is 0 Å². The van der Waals surface area contributed by atoms with Crippen molar-refractivity contribution in [3.63, 3.8) is 0 Å². The van der Waals surface area contributed by atoms with Crippen LogP contribution in [0.1, 0.15) is 18.4 Å². The van der Waals surface area contributed by atoms with E-state index in [2.05, 4.69) is 20.5 Å². The summed E-state index contributed by atoms with van der Waals surface area (Å²) in [4.78, 5) is 16.4. The number of carbonyl (C=O) groups is 1. The molecule has 0 fully saturated rings. The molecule has 0 atom stereocenters. The van der Waals surface area contributed by atoms with E-state index in [1.165, 1.54) is 6.33 Å². The number of fused-ring (bicyclic) bond motifs is 1. The lowest BCUT2D eigenvalue weighted by Gasteiger charge is -2.10. The smallest absolute Gasteiger partial charge is 0.224 e. The van der Waals surface area contributed by atoms with Gasteiger partial charge in [-0.1, -0.05) is 6.07 Å². The fraction of sp³-hybridized carbons (Fsp3) is 0.250. The summed E-state index contributed by atoms with van der Waals surface area (Å²) in [5.74, 6) is 2.19. The maximum atomic E-state index is 12.2. The maximum absolute atomic E-state index is 12.2.